The molecular weight excluding hydrogens is 298 g/mol. The predicted molar refractivity (Wildman–Crippen MR) is 80.1 cm³/mol. The van der Waals surface area contributed by atoms with Gasteiger partial charge < -0.3 is 4.74 Å². The molecule has 0 spiro atoms. The van der Waals surface area contributed by atoms with Gasteiger partial charge in [-0.2, -0.15) is 5.26 Å². The monoisotopic (exact) mass is 313 g/mol. The number of aliphatic imine (C=N–C) groups is 1. The molecule has 0 radical (unpaired) electrons. The molecule has 0 aliphatic heterocycles. The summed E-state index contributed by atoms with van der Waals surface area (Å²) in [5.74, 6) is 0.445. The summed E-state index contributed by atoms with van der Waals surface area (Å²) in [5, 5.41) is 11.4. The second kappa shape index (κ2) is 7.17. The quantitative estimate of drug-likeness (QED) is 0.395. The zero-order valence-electron chi connectivity index (χ0n) is 11.4. The zero-order valence-corrected chi connectivity index (χ0v) is 13.0. The van der Waals surface area contributed by atoms with Crippen LogP contribution in [0.4, 0.5) is 5.69 Å². The first-order valence-electron chi connectivity index (χ1n) is 5.67. The maximum absolute atomic E-state index is 11.9. The third-order valence-electron chi connectivity index (χ3n) is 2.47. The normalized spacial score (nSPS) is 11.8. The van der Waals surface area contributed by atoms with E-state index in [0.29, 0.717) is 16.6 Å². The molecule has 0 amide bonds. The minimum absolute atomic E-state index is 0.00825. The number of thioether (sulfide) groups is 1. The molecule has 0 saturated carbocycles. The number of ether oxygens (including phenoxy) is 1. The average Bonchev–Trinajstić information content (AvgIpc) is 2.46. The van der Waals surface area contributed by atoms with Crippen molar-refractivity contribution in [2.45, 2.75) is 11.8 Å². The highest BCUT2D eigenvalue weighted by molar-refractivity contribution is 8.13. The minimum Gasteiger partial charge on any atom is -0.494 e. The summed E-state index contributed by atoms with van der Waals surface area (Å²) < 4.78 is 28.9. The third-order valence-corrected chi connectivity index (χ3v) is 4.78. The lowest BCUT2D eigenvalue weighted by Crippen LogP contribution is -2.12. The fourth-order valence-corrected chi connectivity index (χ4v) is 2.64. The number of nitrogens with zero attached hydrogens (tertiary/aromatic N) is 2. The van der Waals surface area contributed by atoms with Crippen molar-refractivity contribution in [1.82, 2.24) is 5.32 Å². The van der Waals surface area contributed by atoms with Crippen LogP contribution in [0.3, 0.4) is 0 Å². The standard InChI is InChI=1S/C12H15N3O3S2/c1-4-20(16,17)9-5-6-11(18-2)10(7-9)15-12(19-3)14-8-13/h5-7H,4H2,1-3H3,(H,14,15). The molecule has 6 nitrogen and oxygen atoms in total. The fourth-order valence-electron chi connectivity index (χ4n) is 1.40. The summed E-state index contributed by atoms with van der Waals surface area (Å²) in [4.78, 5) is 4.38. The van der Waals surface area contributed by atoms with Crippen molar-refractivity contribution in [3.05, 3.63) is 18.2 Å². The van der Waals surface area contributed by atoms with Gasteiger partial charge in [-0.3, -0.25) is 5.32 Å². The van der Waals surface area contributed by atoms with Crippen LogP contribution in [0.25, 0.3) is 0 Å². The van der Waals surface area contributed by atoms with Crippen molar-refractivity contribution in [3.8, 4) is 11.9 Å². The van der Waals surface area contributed by atoms with Crippen LogP contribution in [-0.4, -0.2) is 32.7 Å². The van der Waals surface area contributed by atoms with Crippen molar-refractivity contribution in [2.24, 2.45) is 4.99 Å². The number of nitrogens with one attached hydrogen (secondary N) is 1. The Morgan fingerprint density at radius 1 is 1.55 bits per heavy atom. The van der Waals surface area contributed by atoms with Crippen molar-refractivity contribution >= 4 is 32.5 Å². The summed E-state index contributed by atoms with van der Waals surface area (Å²) in [6, 6.07) is 4.46. The maximum atomic E-state index is 11.9. The fraction of sp³-hybridized carbons (Fsp3) is 0.333. The van der Waals surface area contributed by atoms with Gasteiger partial charge in [-0.25, -0.2) is 13.4 Å². The van der Waals surface area contributed by atoms with Crippen molar-refractivity contribution in [2.75, 3.05) is 19.1 Å². The number of hydrogen-bond acceptors (Lipinski definition) is 6. The lowest BCUT2D eigenvalue weighted by molar-refractivity contribution is 0.416. The highest BCUT2D eigenvalue weighted by atomic mass is 32.2. The molecule has 0 atom stereocenters. The first-order chi connectivity index (χ1) is 9.48. The Bertz CT molecular complexity index is 648. The Morgan fingerprint density at radius 3 is 2.75 bits per heavy atom. The number of hydrogen-bond donors (Lipinski definition) is 1. The molecule has 1 aromatic carbocycles. The van der Waals surface area contributed by atoms with E-state index in [0.717, 1.165) is 0 Å². The van der Waals surface area contributed by atoms with Crippen LogP contribution in [0.5, 0.6) is 5.75 Å². The van der Waals surface area contributed by atoms with Gasteiger partial charge in [0.1, 0.15) is 11.4 Å². The molecule has 0 unspecified atom stereocenters. The van der Waals surface area contributed by atoms with E-state index in [1.54, 1.807) is 25.4 Å². The van der Waals surface area contributed by atoms with E-state index < -0.39 is 9.84 Å². The van der Waals surface area contributed by atoms with Crippen molar-refractivity contribution < 1.29 is 13.2 Å². The van der Waals surface area contributed by atoms with Crippen LogP contribution in [0.15, 0.2) is 28.1 Å². The number of methoxy groups -OCH3 is 1. The molecular formula is C12H15N3O3S2. The van der Waals surface area contributed by atoms with Crippen LogP contribution in [-0.2, 0) is 9.84 Å². The van der Waals surface area contributed by atoms with Crippen LogP contribution in [0.1, 0.15) is 6.92 Å². The highest BCUT2D eigenvalue weighted by Gasteiger charge is 2.14. The Labute approximate surface area is 122 Å². The topological polar surface area (TPSA) is 91.6 Å². The lowest BCUT2D eigenvalue weighted by atomic mass is 10.3. The summed E-state index contributed by atoms with van der Waals surface area (Å²) in [6.07, 6.45) is 3.52. The molecule has 0 fully saturated rings. The molecule has 108 valence electrons. The lowest BCUT2D eigenvalue weighted by Gasteiger charge is -2.08. The Morgan fingerprint density at radius 2 is 2.25 bits per heavy atom. The first-order valence-corrected chi connectivity index (χ1v) is 8.54. The number of benzene rings is 1. The Hall–Kier alpha value is -1.72. The molecule has 0 heterocycles. The van der Waals surface area contributed by atoms with Crippen LogP contribution < -0.4 is 10.1 Å². The molecule has 1 rings (SSSR count). The van der Waals surface area contributed by atoms with E-state index in [2.05, 4.69) is 10.3 Å². The Kier molecular flexibility index (Phi) is 5.85. The van der Waals surface area contributed by atoms with Crippen molar-refractivity contribution in [3.63, 3.8) is 0 Å². The van der Waals surface area contributed by atoms with Crippen LogP contribution in [0, 0.1) is 11.5 Å². The van der Waals surface area contributed by atoms with E-state index in [1.807, 2.05) is 0 Å². The molecule has 0 saturated heterocycles. The second-order valence-corrected chi connectivity index (χ2v) is 6.67. The molecule has 20 heavy (non-hydrogen) atoms. The Balaban J connectivity index is 3.37. The predicted octanol–water partition coefficient (Wildman–Crippen LogP) is 1.91. The number of sulfone groups is 1. The smallest absolute Gasteiger partial charge is 0.183 e. The number of amidine groups is 1. The van der Waals surface area contributed by atoms with Crippen LogP contribution >= 0.6 is 11.8 Å². The van der Waals surface area contributed by atoms with Gasteiger partial charge in [0.2, 0.25) is 0 Å². The highest BCUT2D eigenvalue weighted by Crippen LogP contribution is 2.31. The molecule has 0 aliphatic carbocycles. The number of nitriles is 1. The van der Waals surface area contributed by atoms with E-state index >= 15 is 0 Å². The van der Waals surface area contributed by atoms with E-state index in [9.17, 15) is 8.42 Å². The van der Waals surface area contributed by atoms with Gasteiger partial charge in [0.05, 0.1) is 17.8 Å². The maximum Gasteiger partial charge on any atom is 0.183 e. The minimum atomic E-state index is -3.32. The molecule has 8 heteroatoms. The summed E-state index contributed by atoms with van der Waals surface area (Å²) in [5.41, 5.74) is 0.356. The van der Waals surface area contributed by atoms with Gasteiger partial charge in [0.15, 0.2) is 21.2 Å². The zero-order chi connectivity index (χ0) is 15.2. The number of rotatable bonds is 4. The van der Waals surface area contributed by atoms with E-state index in [1.165, 1.54) is 31.0 Å². The van der Waals surface area contributed by atoms with Gasteiger partial charge in [-0.05, 0) is 24.5 Å². The van der Waals surface area contributed by atoms with Gasteiger partial charge >= 0.3 is 0 Å². The van der Waals surface area contributed by atoms with E-state index in [-0.39, 0.29) is 10.6 Å². The van der Waals surface area contributed by atoms with Crippen molar-refractivity contribution in [1.29, 1.82) is 5.26 Å². The third kappa shape index (κ3) is 3.88. The molecule has 0 bridgehead atoms. The second-order valence-electron chi connectivity index (χ2n) is 3.59. The van der Waals surface area contributed by atoms with Gasteiger partial charge in [-0.1, -0.05) is 18.7 Å². The summed E-state index contributed by atoms with van der Waals surface area (Å²) in [7, 11) is -1.85. The first kappa shape index (κ1) is 16.3. The molecule has 0 aliphatic rings. The van der Waals surface area contributed by atoms with Gasteiger partial charge in [-0.15, -0.1) is 0 Å². The van der Waals surface area contributed by atoms with Gasteiger partial charge in [0.25, 0.3) is 0 Å². The van der Waals surface area contributed by atoms with Crippen LogP contribution in [0.2, 0.25) is 0 Å². The largest absolute Gasteiger partial charge is 0.494 e. The molecule has 0 aromatic heterocycles. The molecule has 1 aromatic rings. The SMILES string of the molecule is CCS(=O)(=O)c1ccc(OC)c(N=C(NC#N)SC)c1. The summed E-state index contributed by atoms with van der Waals surface area (Å²) in [6.45, 7) is 1.58. The van der Waals surface area contributed by atoms with E-state index in [4.69, 9.17) is 10.00 Å². The summed E-state index contributed by atoms with van der Waals surface area (Å²) >= 11 is 1.24. The average molecular weight is 313 g/mol. The van der Waals surface area contributed by atoms with Gasteiger partial charge in [0, 0.05) is 0 Å². The molecule has 1 N–H and O–H groups in total.